The molecule has 176 valence electrons. The van der Waals surface area contributed by atoms with Gasteiger partial charge in [-0.05, 0) is 49.8 Å². The highest BCUT2D eigenvalue weighted by Gasteiger charge is 2.39. The van der Waals surface area contributed by atoms with Crippen molar-refractivity contribution in [3.05, 3.63) is 45.4 Å². The van der Waals surface area contributed by atoms with Gasteiger partial charge in [0.05, 0.1) is 0 Å². The molecular weight excluding hydrogens is 483 g/mol. The number of benzene rings is 1. The van der Waals surface area contributed by atoms with Gasteiger partial charge < -0.3 is 4.90 Å². The summed E-state index contributed by atoms with van der Waals surface area (Å²) in [4.78, 5) is 19.2. The number of rotatable bonds is 8. The molecule has 2 aromatic rings. The number of aromatic nitrogens is 1. The van der Waals surface area contributed by atoms with Crippen LogP contribution in [0.4, 0.5) is 18.3 Å². The van der Waals surface area contributed by atoms with Crippen LogP contribution in [-0.2, 0) is 17.4 Å². The van der Waals surface area contributed by atoms with Crippen molar-refractivity contribution in [2.24, 2.45) is 5.92 Å². The van der Waals surface area contributed by atoms with E-state index in [9.17, 15) is 22.2 Å². The molecule has 1 aliphatic carbocycles. The fourth-order valence-electron chi connectivity index (χ4n) is 3.78. The van der Waals surface area contributed by atoms with Gasteiger partial charge in [-0.2, -0.15) is 13.2 Å². The minimum Gasteiger partial charge on any atom is -0.347 e. The van der Waals surface area contributed by atoms with E-state index in [1.165, 1.54) is 35.3 Å². The van der Waals surface area contributed by atoms with E-state index in [1.54, 1.807) is 6.92 Å². The van der Waals surface area contributed by atoms with Crippen LogP contribution in [-0.4, -0.2) is 33.7 Å². The molecule has 1 atom stereocenters. The van der Waals surface area contributed by atoms with Crippen molar-refractivity contribution in [2.45, 2.75) is 51.0 Å². The summed E-state index contributed by atoms with van der Waals surface area (Å²) < 4.78 is 50.4. The van der Waals surface area contributed by atoms with Crippen LogP contribution in [0.3, 0.4) is 0 Å². The summed E-state index contributed by atoms with van der Waals surface area (Å²) in [6.07, 6.45) is 6.59. The molecule has 0 spiro atoms. The van der Waals surface area contributed by atoms with Crippen molar-refractivity contribution in [3.8, 4) is 0 Å². The number of halogens is 4. The van der Waals surface area contributed by atoms with Gasteiger partial charge in [-0.15, -0.1) is 11.3 Å². The number of hydrogen-bond donors (Lipinski definition) is 1. The zero-order valence-corrected chi connectivity index (χ0v) is 20.0. The summed E-state index contributed by atoms with van der Waals surface area (Å²) in [5.74, 6) is -0.579. The van der Waals surface area contributed by atoms with Crippen LogP contribution in [0.2, 0.25) is 5.02 Å². The van der Waals surface area contributed by atoms with E-state index in [2.05, 4.69) is 9.88 Å². The summed E-state index contributed by atoms with van der Waals surface area (Å²) in [6.45, 7) is 3.06. The fourth-order valence-corrected chi connectivity index (χ4v) is 5.23. The fraction of sp³-hybridized carbons (Fsp3) is 0.524. The van der Waals surface area contributed by atoms with Crippen LogP contribution in [0, 0.1) is 12.8 Å². The molecule has 32 heavy (non-hydrogen) atoms. The third-order valence-electron chi connectivity index (χ3n) is 5.45. The van der Waals surface area contributed by atoms with Crippen molar-refractivity contribution in [2.75, 3.05) is 18.0 Å². The second-order valence-electron chi connectivity index (χ2n) is 7.87. The maximum Gasteiger partial charge on any atom is 0.490 e. The van der Waals surface area contributed by atoms with Gasteiger partial charge >= 0.3 is 5.51 Å². The molecule has 0 saturated heterocycles. The van der Waals surface area contributed by atoms with Crippen molar-refractivity contribution in [3.63, 3.8) is 0 Å². The van der Waals surface area contributed by atoms with Crippen LogP contribution in [0.15, 0.2) is 24.3 Å². The van der Waals surface area contributed by atoms with E-state index >= 15 is 0 Å². The van der Waals surface area contributed by atoms with Crippen LogP contribution in [0.1, 0.15) is 53.0 Å². The van der Waals surface area contributed by atoms with Gasteiger partial charge in [0.25, 0.3) is 5.91 Å². The predicted octanol–water partition coefficient (Wildman–Crippen LogP) is 5.65. The lowest BCUT2D eigenvalue weighted by molar-refractivity contribution is -0.0393. The van der Waals surface area contributed by atoms with E-state index in [4.69, 9.17) is 11.6 Å². The molecule has 11 heteroatoms. The molecule has 1 N–H and O–H groups in total. The maximum absolute atomic E-state index is 12.6. The molecule has 1 unspecified atom stereocenters. The number of carbonyl (C=O) groups excluding carboxylic acids is 1. The summed E-state index contributed by atoms with van der Waals surface area (Å²) in [5, 5.41) is 1.25. The minimum absolute atomic E-state index is 0.122. The van der Waals surface area contributed by atoms with Gasteiger partial charge in [0.2, 0.25) is 11.0 Å². The minimum atomic E-state index is -5.02. The molecule has 1 aromatic heterocycles. The average molecular weight is 508 g/mol. The standard InChI is InChI=1S/C21H25ClF3N3O2S2/c1-14-18(19(29)27-32(30)21(23,24)25)26-20(31-14)28(13-16-5-3-2-4-6-16)12-11-15-7-9-17(22)10-8-15/h7-10,16H,2-6,11-13H2,1H3,(H,27,29). The van der Waals surface area contributed by atoms with Crippen molar-refractivity contribution < 1.29 is 22.2 Å². The van der Waals surface area contributed by atoms with E-state index in [1.807, 2.05) is 24.3 Å². The molecule has 0 radical (unpaired) electrons. The predicted molar refractivity (Wildman–Crippen MR) is 122 cm³/mol. The highest BCUT2D eigenvalue weighted by molar-refractivity contribution is 7.84. The lowest BCUT2D eigenvalue weighted by atomic mass is 9.89. The van der Waals surface area contributed by atoms with Crippen LogP contribution < -0.4 is 9.62 Å². The smallest absolute Gasteiger partial charge is 0.347 e. The Balaban J connectivity index is 1.77. The molecule has 1 aliphatic rings. The summed E-state index contributed by atoms with van der Waals surface area (Å²) in [6, 6.07) is 7.58. The maximum atomic E-state index is 12.6. The molecule has 0 bridgehead atoms. The van der Waals surface area contributed by atoms with E-state index in [0.717, 1.165) is 31.4 Å². The quantitative estimate of drug-likeness (QED) is 0.501. The Morgan fingerprint density at radius 2 is 1.91 bits per heavy atom. The van der Waals surface area contributed by atoms with E-state index in [0.29, 0.717) is 27.5 Å². The third kappa shape index (κ3) is 6.92. The lowest BCUT2D eigenvalue weighted by Crippen LogP contribution is -2.35. The Bertz CT molecular complexity index is 945. The van der Waals surface area contributed by atoms with Crippen molar-refractivity contribution >= 4 is 45.0 Å². The Labute approximate surface area is 197 Å². The number of nitrogens with zero attached hydrogens (tertiary/aromatic N) is 2. The molecule has 3 rings (SSSR count). The Kier molecular flexibility index (Phi) is 8.57. The number of amides is 1. The Morgan fingerprint density at radius 1 is 1.25 bits per heavy atom. The largest absolute Gasteiger partial charge is 0.490 e. The molecule has 1 amide bonds. The highest BCUT2D eigenvalue weighted by Crippen LogP contribution is 2.31. The van der Waals surface area contributed by atoms with Gasteiger partial charge in [-0.1, -0.05) is 43.0 Å². The molecule has 1 aromatic carbocycles. The van der Waals surface area contributed by atoms with E-state index in [-0.39, 0.29) is 5.69 Å². The molecular formula is C21H25ClF3N3O2S2. The molecule has 1 fully saturated rings. The Hall–Kier alpha value is -1.65. The molecule has 1 heterocycles. The number of alkyl halides is 3. The van der Waals surface area contributed by atoms with Crippen molar-refractivity contribution in [1.82, 2.24) is 9.71 Å². The molecule has 1 saturated carbocycles. The lowest BCUT2D eigenvalue weighted by Gasteiger charge is -2.29. The third-order valence-corrected chi connectivity index (χ3v) is 7.53. The number of thiazole rings is 1. The van der Waals surface area contributed by atoms with Crippen LogP contribution >= 0.6 is 22.9 Å². The first-order valence-electron chi connectivity index (χ1n) is 10.4. The van der Waals surface area contributed by atoms with Gasteiger partial charge in [-0.25, -0.2) is 9.19 Å². The topological polar surface area (TPSA) is 62.3 Å². The number of aryl methyl sites for hydroxylation is 1. The van der Waals surface area contributed by atoms with Crippen LogP contribution in [0.5, 0.6) is 0 Å². The van der Waals surface area contributed by atoms with Gasteiger partial charge in [0.15, 0.2) is 5.13 Å². The number of anilines is 1. The van der Waals surface area contributed by atoms with Crippen molar-refractivity contribution in [1.29, 1.82) is 0 Å². The zero-order chi connectivity index (χ0) is 23.3. The van der Waals surface area contributed by atoms with Gasteiger partial charge in [-0.3, -0.25) is 9.52 Å². The Morgan fingerprint density at radius 3 is 2.53 bits per heavy atom. The summed E-state index contributed by atoms with van der Waals surface area (Å²) in [7, 11) is -3.47. The summed E-state index contributed by atoms with van der Waals surface area (Å²) >= 11 is 7.23. The number of hydrogen-bond acceptors (Lipinski definition) is 5. The molecule has 5 nitrogen and oxygen atoms in total. The first kappa shape index (κ1) is 25.0. The monoisotopic (exact) mass is 507 g/mol. The average Bonchev–Trinajstić information content (AvgIpc) is 3.14. The summed E-state index contributed by atoms with van der Waals surface area (Å²) in [5.41, 5.74) is -4.04. The van der Waals surface area contributed by atoms with Gasteiger partial charge in [0.1, 0.15) is 5.69 Å². The first-order valence-corrected chi connectivity index (χ1v) is 12.7. The SMILES string of the molecule is Cc1sc(N(CCc2ccc(Cl)cc2)CC2CCCCC2)nc1C(=O)NS(=O)C(F)(F)F. The number of nitrogens with one attached hydrogen (secondary N) is 1. The zero-order valence-electron chi connectivity index (χ0n) is 17.6. The van der Waals surface area contributed by atoms with Crippen LogP contribution in [0.25, 0.3) is 0 Å². The van der Waals surface area contributed by atoms with E-state index < -0.39 is 22.4 Å². The molecule has 0 aliphatic heterocycles. The normalized spacial score (nSPS) is 16.0. The highest BCUT2D eigenvalue weighted by atomic mass is 35.5. The first-order chi connectivity index (χ1) is 15.1. The number of carbonyl (C=O) groups is 1. The van der Waals surface area contributed by atoms with Gasteiger partial charge in [0, 0.05) is 23.0 Å². The second-order valence-corrected chi connectivity index (χ2v) is 10.7. The second kappa shape index (κ2) is 11.0.